The Kier molecular flexibility index (Phi) is 5.96. The zero-order chi connectivity index (χ0) is 10.3. The lowest BCUT2D eigenvalue weighted by Crippen LogP contribution is -1.84. The van der Waals surface area contributed by atoms with Gasteiger partial charge >= 0.3 is 0 Å². The maximum absolute atomic E-state index is 3.87. The van der Waals surface area contributed by atoms with E-state index in [0.29, 0.717) is 0 Å². The van der Waals surface area contributed by atoms with Crippen molar-refractivity contribution in [3.8, 4) is 0 Å². The zero-order valence-electron chi connectivity index (χ0n) is 9.06. The smallest absolute Gasteiger partial charge is 0.0166 e. The minimum Gasteiger partial charge on any atom is -0.103 e. The number of hydrogen-bond donors (Lipinski definition) is 0. The Morgan fingerprint density at radius 1 is 1.31 bits per heavy atom. The molecule has 0 saturated heterocycles. The van der Waals surface area contributed by atoms with Crippen molar-refractivity contribution >= 4 is 0 Å². The van der Waals surface area contributed by atoms with Crippen molar-refractivity contribution in [2.75, 3.05) is 0 Å². The first-order valence-corrected chi connectivity index (χ1v) is 4.75. The number of rotatable bonds is 5. The van der Waals surface area contributed by atoms with E-state index in [2.05, 4.69) is 39.2 Å². The van der Waals surface area contributed by atoms with E-state index in [1.807, 2.05) is 13.0 Å². The molecular formula is C13H20. The highest BCUT2D eigenvalue weighted by Gasteiger charge is 1.95. The van der Waals surface area contributed by atoms with Gasteiger partial charge in [0.25, 0.3) is 0 Å². The summed E-state index contributed by atoms with van der Waals surface area (Å²) in [6, 6.07) is 0. The van der Waals surface area contributed by atoms with Crippen molar-refractivity contribution < 1.29 is 0 Å². The second kappa shape index (κ2) is 6.47. The van der Waals surface area contributed by atoms with Crippen molar-refractivity contribution in [1.82, 2.24) is 0 Å². The van der Waals surface area contributed by atoms with E-state index >= 15 is 0 Å². The molecule has 13 heavy (non-hydrogen) atoms. The third kappa shape index (κ3) is 5.24. The molecule has 0 atom stereocenters. The molecule has 0 aromatic rings. The van der Waals surface area contributed by atoms with E-state index in [1.165, 1.54) is 11.1 Å². The maximum atomic E-state index is 3.87. The molecule has 0 nitrogen and oxygen atoms in total. The van der Waals surface area contributed by atoms with Crippen LogP contribution in [0.5, 0.6) is 0 Å². The van der Waals surface area contributed by atoms with E-state index < -0.39 is 0 Å². The number of hydrogen-bond acceptors (Lipinski definition) is 0. The van der Waals surface area contributed by atoms with Crippen LogP contribution in [-0.2, 0) is 0 Å². The molecule has 0 aromatic carbocycles. The minimum atomic E-state index is 0.949. The van der Waals surface area contributed by atoms with E-state index in [4.69, 9.17) is 0 Å². The molecule has 0 radical (unpaired) electrons. The molecule has 0 aromatic heterocycles. The highest BCUT2D eigenvalue weighted by Crippen LogP contribution is 2.15. The molecule has 72 valence electrons. The summed E-state index contributed by atoms with van der Waals surface area (Å²) in [6.07, 6.45) is 8.29. The van der Waals surface area contributed by atoms with Crippen LogP contribution in [0.2, 0.25) is 0 Å². The van der Waals surface area contributed by atoms with E-state index in [9.17, 15) is 0 Å². The molecule has 0 amide bonds. The van der Waals surface area contributed by atoms with Crippen molar-refractivity contribution in [3.63, 3.8) is 0 Å². The van der Waals surface area contributed by atoms with Crippen LogP contribution in [0, 0.1) is 0 Å². The molecule has 0 fully saturated rings. The van der Waals surface area contributed by atoms with Crippen LogP contribution >= 0.6 is 0 Å². The second-order valence-corrected chi connectivity index (χ2v) is 3.28. The SMILES string of the molecule is C=CC/C=C(CC)\C(C)=C/C(=C)C. The molecular weight excluding hydrogens is 156 g/mol. The Morgan fingerprint density at radius 2 is 1.92 bits per heavy atom. The Morgan fingerprint density at radius 3 is 2.31 bits per heavy atom. The molecule has 0 rings (SSSR count). The Balaban J connectivity index is 4.57. The van der Waals surface area contributed by atoms with Gasteiger partial charge in [-0.2, -0.15) is 0 Å². The highest BCUT2D eigenvalue weighted by atomic mass is 14.0. The molecule has 0 heteroatoms. The summed E-state index contributed by atoms with van der Waals surface area (Å²) in [5.74, 6) is 0. The third-order valence-corrected chi connectivity index (χ3v) is 1.88. The van der Waals surface area contributed by atoms with Gasteiger partial charge < -0.3 is 0 Å². The van der Waals surface area contributed by atoms with Crippen molar-refractivity contribution in [2.24, 2.45) is 0 Å². The Hall–Kier alpha value is -1.04. The van der Waals surface area contributed by atoms with Crippen LogP contribution in [0.1, 0.15) is 33.6 Å². The standard InChI is InChI=1S/C13H20/c1-6-8-9-13(7-2)12(5)10-11(3)4/h6,9-10H,1,3,7-8H2,2,4-5H3/b12-10-,13-9-. The molecule has 0 saturated carbocycles. The van der Waals surface area contributed by atoms with Gasteiger partial charge in [-0.15, -0.1) is 6.58 Å². The lowest BCUT2D eigenvalue weighted by atomic mass is 10.0. The third-order valence-electron chi connectivity index (χ3n) is 1.88. The molecule has 0 spiro atoms. The molecule has 0 heterocycles. The monoisotopic (exact) mass is 176 g/mol. The lowest BCUT2D eigenvalue weighted by Gasteiger charge is -2.04. The van der Waals surface area contributed by atoms with Crippen LogP contribution < -0.4 is 0 Å². The van der Waals surface area contributed by atoms with Crippen LogP contribution in [0.25, 0.3) is 0 Å². The van der Waals surface area contributed by atoms with Crippen LogP contribution in [0.4, 0.5) is 0 Å². The normalized spacial score (nSPS) is 12.8. The van der Waals surface area contributed by atoms with Crippen LogP contribution in [-0.4, -0.2) is 0 Å². The fourth-order valence-electron chi connectivity index (χ4n) is 1.27. The summed E-state index contributed by atoms with van der Waals surface area (Å²) >= 11 is 0. The zero-order valence-corrected chi connectivity index (χ0v) is 9.06. The largest absolute Gasteiger partial charge is 0.103 e. The molecule has 0 bridgehead atoms. The molecule has 0 aliphatic heterocycles. The topological polar surface area (TPSA) is 0 Å². The average molecular weight is 176 g/mol. The van der Waals surface area contributed by atoms with Gasteiger partial charge in [0.15, 0.2) is 0 Å². The predicted octanol–water partition coefficient (Wildman–Crippen LogP) is 4.42. The predicted molar refractivity (Wildman–Crippen MR) is 61.8 cm³/mol. The fraction of sp³-hybridized carbons (Fsp3) is 0.385. The first-order chi connectivity index (χ1) is 6.11. The lowest BCUT2D eigenvalue weighted by molar-refractivity contribution is 1.08. The summed E-state index contributed by atoms with van der Waals surface area (Å²) < 4.78 is 0. The van der Waals surface area contributed by atoms with Crippen LogP contribution in [0.15, 0.2) is 48.1 Å². The van der Waals surface area contributed by atoms with Gasteiger partial charge in [-0.3, -0.25) is 0 Å². The Labute approximate surface area is 82.4 Å². The number of allylic oxidation sites excluding steroid dienone is 6. The van der Waals surface area contributed by atoms with E-state index in [0.717, 1.165) is 18.4 Å². The second-order valence-electron chi connectivity index (χ2n) is 3.28. The van der Waals surface area contributed by atoms with E-state index in [1.54, 1.807) is 0 Å². The van der Waals surface area contributed by atoms with Gasteiger partial charge in [-0.25, -0.2) is 0 Å². The molecule has 0 aliphatic rings. The van der Waals surface area contributed by atoms with Crippen molar-refractivity contribution in [3.05, 3.63) is 48.1 Å². The van der Waals surface area contributed by atoms with Crippen LogP contribution in [0.3, 0.4) is 0 Å². The molecule has 0 unspecified atom stereocenters. The van der Waals surface area contributed by atoms with Gasteiger partial charge in [0, 0.05) is 0 Å². The summed E-state index contributed by atoms with van der Waals surface area (Å²) in [5.41, 5.74) is 3.82. The molecule has 0 aliphatic carbocycles. The summed E-state index contributed by atoms with van der Waals surface area (Å²) in [6.45, 7) is 13.9. The van der Waals surface area contributed by atoms with Crippen molar-refractivity contribution in [1.29, 1.82) is 0 Å². The first-order valence-electron chi connectivity index (χ1n) is 4.75. The minimum absolute atomic E-state index is 0.949. The quantitative estimate of drug-likeness (QED) is 0.429. The average Bonchev–Trinajstić information content (AvgIpc) is 2.04. The maximum Gasteiger partial charge on any atom is -0.0166 e. The highest BCUT2D eigenvalue weighted by molar-refractivity contribution is 5.34. The van der Waals surface area contributed by atoms with Gasteiger partial charge in [-0.1, -0.05) is 37.3 Å². The van der Waals surface area contributed by atoms with Gasteiger partial charge in [-0.05, 0) is 37.8 Å². The Bertz CT molecular complexity index is 239. The summed E-state index contributed by atoms with van der Waals surface area (Å²) in [5, 5.41) is 0. The van der Waals surface area contributed by atoms with E-state index in [-0.39, 0.29) is 0 Å². The van der Waals surface area contributed by atoms with Gasteiger partial charge in [0.05, 0.1) is 0 Å². The van der Waals surface area contributed by atoms with Gasteiger partial charge in [0.2, 0.25) is 0 Å². The van der Waals surface area contributed by atoms with Crippen molar-refractivity contribution in [2.45, 2.75) is 33.6 Å². The molecule has 0 N–H and O–H groups in total. The van der Waals surface area contributed by atoms with Gasteiger partial charge in [0.1, 0.15) is 0 Å². The fourth-order valence-corrected chi connectivity index (χ4v) is 1.27. The summed E-state index contributed by atoms with van der Waals surface area (Å²) in [7, 11) is 0. The first kappa shape index (κ1) is 12.0. The summed E-state index contributed by atoms with van der Waals surface area (Å²) in [4.78, 5) is 0.